The molecule has 0 spiro atoms. The number of ether oxygens (including phenoxy) is 1. The fourth-order valence-electron chi connectivity index (χ4n) is 3.62. The van der Waals surface area contributed by atoms with E-state index in [2.05, 4.69) is 14.9 Å². The van der Waals surface area contributed by atoms with Crippen LogP contribution in [0, 0.1) is 5.82 Å². The monoisotopic (exact) mass is 431 g/mol. The largest absolute Gasteiger partial charge is 0.496 e. The Bertz CT molecular complexity index is 1120. The van der Waals surface area contributed by atoms with Crippen molar-refractivity contribution in [3.8, 4) is 17.1 Å². The Balaban J connectivity index is 1.65. The summed E-state index contributed by atoms with van der Waals surface area (Å²) in [4.78, 5) is 4.52. The highest BCUT2D eigenvalue weighted by atomic mass is 32.2. The number of benzene rings is 2. The van der Waals surface area contributed by atoms with Gasteiger partial charge in [-0.1, -0.05) is 24.4 Å². The van der Waals surface area contributed by atoms with E-state index in [0.29, 0.717) is 17.2 Å². The number of anilines is 1. The predicted molar refractivity (Wildman–Crippen MR) is 109 cm³/mol. The van der Waals surface area contributed by atoms with Gasteiger partial charge in [0.1, 0.15) is 11.6 Å². The second-order valence-electron chi connectivity index (χ2n) is 7.27. The lowest BCUT2D eigenvalue weighted by Gasteiger charge is -2.17. The van der Waals surface area contributed by atoms with Crippen molar-refractivity contribution in [1.82, 2.24) is 10.1 Å². The number of halogens is 1. The van der Waals surface area contributed by atoms with Crippen LogP contribution in [0.15, 0.2) is 51.9 Å². The molecule has 1 aliphatic rings. The molecular weight excluding hydrogens is 409 g/mol. The Labute approximate surface area is 174 Å². The van der Waals surface area contributed by atoms with Gasteiger partial charge in [-0.3, -0.25) is 4.72 Å². The van der Waals surface area contributed by atoms with Gasteiger partial charge in [-0.25, -0.2) is 12.8 Å². The van der Waals surface area contributed by atoms with Crippen molar-refractivity contribution in [3.63, 3.8) is 0 Å². The molecule has 30 heavy (non-hydrogen) atoms. The Kier molecular flexibility index (Phi) is 5.72. The molecule has 1 saturated carbocycles. The van der Waals surface area contributed by atoms with Gasteiger partial charge >= 0.3 is 0 Å². The van der Waals surface area contributed by atoms with Gasteiger partial charge < -0.3 is 9.26 Å². The van der Waals surface area contributed by atoms with E-state index >= 15 is 0 Å². The SMILES string of the molecule is COc1ccc(S(=O)(=O)Nc2ccc(F)cc2)cc1-c1noc(C2CCCCC2)n1. The summed E-state index contributed by atoms with van der Waals surface area (Å²) in [6, 6.07) is 9.49. The normalized spacial score (nSPS) is 15.1. The van der Waals surface area contributed by atoms with Gasteiger partial charge in [0.15, 0.2) is 0 Å². The summed E-state index contributed by atoms with van der Waals surface area (Å²) in [5, 5.41) is 4.06. The highest BCUT2D eigenvalue weighted by Gasteiger charge is 2.24. The van der Waals surface area contributed by atoms with E-state index in [4.69, 9.17) is 9.26 Å². The number of sulfonamides is 1. The van der Waals surface area contributed by atoms with E-state index in [-0.39, 0.29) is 22.3 Å². The Hall–Kier alpha value is -2.94. The van der Waals surface area contributed by atoms with Crippen LogP contribution in [-0.4, -0.2) is 25.7 Å². The van der Waals surface area contributed by atoms with Crippen molar-refractivity contribution in [2.75, 3.05) is 11.8 Å². The van der Waals surface area contributed by atoms with Gasteiger partial charge in [0.25, 0.3) is 10.0 Å². The van der Waals surface area contributed by atoms with Gasteiger partial charge in [0, 0.05) is 11.6 Å². The molecule has 0 unspecified atom stereocenters. The minimum absolute atomic E-state index is 0.00615. The van der Waals surface area contributed by atoms with E-state index < -0.39 is 15.8 Å². The Morgan fingerprint density at radius 1 is 1.10 bits per heavy atom. The van der Waals surface area contributed by atoms with E-state index in [1.807, 2.05) is 0 Å². The third-order valence-corrected chi connectivity index (χ3v) is 6.59. The molecule has 1 fully saturated rings. The second kappa shape index (κ2) is 8.43. The van der Waals surface area contributed by atoms with Gasteiger partial charge in [-0.2, -0.15) is 4.98 Å². The molecular formula is C21H22FN3O4S. The Morgan fingerprint density at radius 3 is 2.53 bits per heavy atom. The smallest absolute Gasteiger partial charge is 0.261 e. The number of aromatic nitrogens is 2. The zero-order valence-corrected chi connectivity index (χ0v) is 17.3. The molecule has 2 aromatic carbocycles. The number of nitrogens with zero attached hydrogens (tertiary/aromatic N) is 2. The summed E-state index contributed by atoms with van der Waals surface area (Å²) in [5.74, 6) is 1.08. The zero-order valence-electron chi connectivity index (χ0n) is 16.5. The minimum atomic E-state index is -3.91. The molecule has 0 saturated heterocycles. The summed E-state index contributed by atoms with van der Waals surface area (Å²) >= 11 is 0. The maximum absolute atomic E-state index is 13.1. The lowest BCUT2D eigenvalue weighted by molar-refractivity contribution is 0.314. The number of methoxy groups -OCH3 is 1. The van der Waals surface area contributed by atoms with Crippen molar-refractivity contribution < 1.29 is 22.1 Å². The second-order valence-corrected chi connectivity index (χ2v) is 8.95. The number of rotatable bonds is 6. The number of nitrogens with one attached hydrogen (secondary N) is 1. The molecule has 7 nitrogen and oxygen atoms in total. The van der Waals surface area contributed by atoms with E-state index in [1.165, 1.54) is 49.9 Å². The first-order chi connectivity index (χ1) is 14.5. The quantitative estimate of drug-likeness (QED) is 0.606. The molecule has 1 aliphatic carbocycles. The molecule has 0 bridgehead atoms. The van der Waals surface area contributed by atoms with Crippen LogP contribution < -0.4 is 9.46 Å². The van der Waals surface area contributed by atoms with Crippen LogP contribution in [0.2, 0.25) is 0 Å². The van der Waals surface area contributed by atoms with Crippen molar-refractivity contribution in [2.24, 2.45) is 0 Å². The highest BCUT2D eigenvalue weighted by Crippen LogP contribution is 2.35. The molecule has 9 heteroatoms. The molecule has 0 atom stereocenters. The van der Waals surface area contributed by atoms with Crippen LogP contribution >= 0.6 is 0 Å². The van der Waals surface area contributed by atoms with Gasteiger partial charge in [-0.15, -0.1) is 0 Å². The van der Waals surface area contributed by atoms with Crippen LogP contribution in [0.25, 0.3) is 11.4 Å². The molecule has 3 aromatic rings. The fourth-order valence-corrected chi connectivity index (χ4v) is 4.71. The van der Waals surface area contributed by atoms with Gasteiger partial charge in [0.2, 0.25) is 11.7 Å². The number of hydrogen-bond donors (Lipinski definition) is 1. The molecule has 1 aromatic heterocycles. The molecule has 0 aliphatic heterocycles. The fraction of sp³-hybridized carbons (Fsp3) is 0.333. The first kappa shape index (κ1) is 20.3. The maximum Gasteiger partial charge on any atom is 0.261 e. The summed E-state index contributed by atoms with van der Waals surface area (Å²) in [5.41, 5.74) is 0.679. The minimum Gasteiger partial charge on any atom is -0.496 e. The maximum atomic E-state index is 13.1. The van der Waals surface area contributed by atoms with Gasteiger partial charge in [-0.05, 0) is 55.3 Å². The zero-order chi connectivity index (χ0) is 21.1. The van der Waals surface area contributed by atoms with Crippen LogP contribution in [0.1, 0.15) is 43.9 Å². The molecule has 0 amide bonds. The average molecular weight is 431 g/mol. The standard InChI is InChI=1S/C21H22FN3O4S/c1-28-19-12-11-17(30(26,27)25-16-9-7-15(22)8-10-16)13-18(19)20-23-21(29-24-20)14-5-3-2-4-6-14/h7-14,25H,2-6H2,1H3. The van der Waals surface area contributed by atoms with Crippen molar-refractivity contribution in [3.05, 3.63) is 54.2 Å². The molecule has 0 radical (unpaired) electrons. The van der Waals surface area contributed by atoms with Crippen LogP contribution in [0.5, 0.6) is 5.75 Å². The topological polar surface area (TPSA) is 94.3 Å². The molecule has 1 N–H and O–H groups in total. The summed E-state index contributed by atoms with van der Waals surface area (Å²) in [6.45, 7) is 0. The van der Waals surface area contributed by atoms with Gasteiger partial charge in [0.05, 0.1) is 17.6 Å². The first-order valence-electron chi connectivity index (χ1n) is 9.77. The van der Waals surface area contributed by atoms with Crippen molar-refractivity contribution >= 4 is 15.7 Å². The highest BCUT2D eigenvalue weighted by molar-refractivity contribution is 7.92. The Morgan fingerprint density at radius 2 is 1.83 bits per heavy atom. The predicted octanol–water partition coefficient (Wildman–Crippen LogP) is 4.73. The van der Waals surface area contributed by atoms with Crippen LogP contribution in [-0.2, 0) is 10.0 Å². The third-order valence-electron chi connectivity index (χ3n) is 5.21. The van der Waals surface area contributed by atoms with E-state index in [9.17, 15) is 12.8 Å². The molecule has 4 rings (SSSR count). The van der Waals surface area contributed by atoms with E-state index in [1.54, 1.807) is 6.07 Å². The molecule has 158 valence electrons. The van der Waals surface area contributed by atoms with Crippen molar-refractivity contribution in [2.45, 2.75) is 42.9 Å². The summed E-state index contributed by atoms with van der Waals surface area (Å²) in [6.07, 6.45) is 5.50. The van der Waals surface area contributed by atoms with E-state index in [0.717, 1.165) is 25.7 Å². The summed E-state index contributed by atoms with van der Waals surface area (Å²) in [7, 11) is -2.42. The van der Waals surface area contributed by atoms with Crippen LogP contribution in [0.3, 0.4) is 0 Å². The first-order valence-corrected chi connectivity index (χ1v) is 11.2. The average Bonchev–Trinajstić information content (AvgIpc) is 3.25. The third kappa shape index (κ3) is 4.30. The lowest BCUT2D eigenvalue weighted by atomic mass is 9.89. The van der Waals surface area contributed by atoms with Crippen LogP contribution in [0.4, 0.5) is 10.1 Å². The lowest BCUT2D eigenvalue weighted by Crippen LogP contribution is -2.13. The molecule has 1 heterocycles. The number of hydrogen-bond acceptors (Lipinski definition) is 6. The summed E-state index contributed by atoms with van der Waals surface area (Å²) < 4.78 is 52.0. The van der Waals surface area contributed by atoms with Crippen molar-refractivity contribution in [1.29, 1.82) is 0 Å².